The molecule has 1 aliphatic heterocycles. The number of hydrogen-bond donors (Lipinski definition) is 1. The average molecular weight is 593 g/mol. The number of benzene rings is 1. The van der Waals surface area contributed by atoms with Crippen molar-refractivity contribution in [3.8, 4) is 0 Å². The van der Waals surface area contributed by atoms with Gasteiger partial charge in [-0.25, -0.2) is 16.8 Å². The molecule has 3 heterocycles. The maximum atomic E-state index is 13.5. The number of pyridine rings is 1. The van der Waals surface area contributed by atoms with Crippen LogP contribution >= 0.6 is 11.3 Å². The largest absolute Gasteiger partial charge is 0.386 e. The van der Waals surface area contributed by atoms with E-state index in [0.717, 1.165) is 5.69 Å². The molecular formula is C27H36N4O5S3. The summed E-state index contributed by atoms with van der Waals surface area (Å²) in [6, 6.07) is 12.4. The van der Waals surface area contributed by atoms with Crippen LogP contribution < -0.4 is 9.21 Å². The van der Waals surface area contributed by atoms with Gasteiger partial charge in [-0.2, -0.15) is 4.31 Å². The van der Waals surface area contributed by atoms with Crippen molar-refractivity contribution >= 4 is 42.8 Å². The van der Waals surface area contributed by atoms with Gasteiger partial charge in [0.05, 0.1) is 29.8 Å². The van der Waals surface area contributed by atoms with Crippen LogP contribution in [0.25, 0.3) is 0 Å². The Balaban J connectivity index is 1.64. The SMILES string of the molecule is CC(C)CS(=O)(=O)N(Cc1cc(N2CCN(S(=O)(=O)c3cccs3)CC2)ccc1C(C)(C)O)c1cccnc1. The lowest BCUT2D eigenvalue weighted by atomic mass is 9.92. The van der Waals surface area contributed by atoms with Gasteiger partial charge in [0, 0.05) is 38.1 Å². The van der Waals surface area contributed by atoms with Crippen LogP contribution in [0.2, 0.25) is 0 Å². The summed E-state index contributed by atoms with van der Waals surface area (Å²) < 4.78 is 56.1. The highest BCUT2D eigenvalue weighted by Crippen LogP contribution is 2.32. The topological polar surface area (TPSA) is 111 Å². The van der Waals surface area contributed by atoms with E-state index in [-0.39, 0.29) is 18.2 Å². The molecule has 0 unspecified atom stereocenters. The lowest BCUT2D eigenvalue weighted by molar-refractivity contribution is 0.0776. The molecule has 4 rings (SSSR count). The molecule has 0 spiro atoms. The van der Waals surface area contributed by atoms with Crippen LogP contribution in [0.1, 0.15) is 38.8 Å². The number of aliphatic hydroxyl groups is 1. The third kappa shape index (κ3) is 6.80. The van der Waals surface area contributed by atoms with Gasteiger partial charge in [0.15, 0.2) is 0 Å². The Morgan fingerprint density at radius 1 is 1.05 bits per heavy atom. The summed E-state index contributed by atoms with van der Waals surface area (Å²) in [5.74, 6) is -0.101. The molecule has 0 bridgehead atoms. The van der Waals surface area contributed by atoms with Gasteiger partial charge in [0.25, 0.3) is 10.0 Å². The monoisotopic (exact) mass is 592 g/mol. The standard InChI is InChI=1S/C27H36N4O5S3/c1-21(2)20-38(33,34)31(24-7-5-11-28-18-24)19-22-17-23(9-10-25(22)27(3,4)32)29-12-14-30(15-13-29)39(35,36)26-8-6-16-37-26/h5-11,16-18,21,32H,12-15,19-20H2,1-4H3. The normalized spacial score (nSPS) is 15.6. The molecule has 0 aliphatic carbocycles. The third-order valence-electron chi connectivity index (χ3n) is 6.57. The third-order valence-corrected chi connectivity index (χ3v) is 11.9. The van der Waals surface area contributed by atoms with E-state index >= 15 is 0 Å². The second-order valence-electron chi connectivity index (χ2n) is 10.6. The molecule has 12 heteroatoms. The fourth-order valence-corrected chi connectivity index (χ4v) is 9.10. The first kappa shape index (κ1) is 29.5. The minimum absolute atomic E-state index is 0.0277. The van der Waals surface area contributed by atoms with E-state index in [1.165, 1.54) is 26.1 Å². The second kappa shape index (κ2) is 11.5. The predicted molar refractivity (Wildman–Crippen MR) is 156 cm³/mol. The first-order valence-corrected chi connectivity index (χ1v) is 16.8. The van der Waals surface area contributed by atoms with E-state index in [0.29, 0.717) is 47.2 Å². The van der Waals surface area contributed by atoms with Crippen LogP contribution in [0.5, 0.6) is 0 Å². The molecule has 39 heavy (non-hydrogen) atoms. The van der Waals surface area contributed by atoms with E-state index in [4.69, 9.17) is 0 Å². The van der Waals surface area contributed by atoms with Gasteiger partial charge in [-0.05, 0) is 66.6 Å². The number of piperazine rings is 1. The molecule has 1 fully saturated rings. The van der Waals surface area contributed by atoms with Gasteiger partial charge in [0.2, 0.25) is 10.0 Å². The Morgan fingerprint density at radius 3 is 2.33 bits per heavy atom. The fourth-order valence-electron chi connectivity index (χ4n) is 4.75. The van der Waals surface area contributed by atoms with Crippen LogP contribution in [-0.2, 0) is 32.2 Å². The van der Waals surface area contributed by atoms with E-state index in [2.05, 4.69) is 9.88 Å². The summed E-state index contributed by atoms with van der Waals surface area (Å²) in [5.41, 5.74) is 1.39. The summed E-state index contributed by atoms with van der Waals surface area (Å²) in [6.07, 6.45) is 3.12. The predicted octanol–water partition coefficient (Wildman–Crippen LogP) is 3.87. The van der Waals surface area contributed by atoms with Gasteiger partial charge < -0.3 is 10.0 Å². The van der Waals surface area contributed by atoms with Gasteiger partial charge >= 0.3 is 0 Å². The van der Waals surface area contributed by atoms with Gasteiger partial charge in [-0.15, -0.1) is 11.3 Å². The summed E-state index contributed by atoms with van der Waals surface area (Å²) in [5, 5.41) is 12.7. The molecule has 0 atom stereocenters. The minimum atomic E-state index is -3.69. The molecule has 9 nitrogen and oxygen atoms in total. The van der Waals surface area contributed by atoms with Crippen molar-refractivity contribution in [3.63, 3.8) is 0 Å². The molecule has 0 radical (unpaired) electrons. The summed E-state index contributed by atoms with van der Waals surface area (Å²) in [4.78, 5) is 6.22. The molecule has 1 aromatic carbocycles. The zero-order valence-corrected chi connectivity index (χ0v) is 25.1. The first-order chi connectivity index (χ1) is 18.3. The van der Waals surface area contributed by atoms with Crippen molar-refractivity contribution in [2.24, 2.45) is 5.92 Å². The minimum Gasteiger partial charge on any atom is -0.386 e. The van der Waals surface area contributed by atoms with E-state index < -0.39 is 25.6 Å². The Labute approximate surface area is 235 Å². The van der Waals surface area contributed by atoms with Gasteiger partial charge in [0.1, 0.15) is 4.21 Å². The Morgan fingerprint density at radius 2 is 1.77 bits per heavy atom. The molecule has 1 N–H and O–H groups in total. The van der Waals surface area contributed by atoms with E-state index in [9.17, 15) is 21.9 Å². The highest BCUT2D eigenvalue weighted by atomic mass is 32.2. The molecule has 212 valence electrons. The maximum Gasteiger partial charge on any atom is 0.252 e. The van der Waals surface area contributed by atoms with Crippen LogP contribution in [0.4, 0.5) is 11.4 Å². The highest BCUT2D eigenvalue weighted by Gasteiger charge is 2.31. The molecule has 2 aromatic heterocycles. The highest BCUT2D eigenvalue weighted by molar-refractivity contribution is 7.92. The fraction of sp³-hybridized carbons (Fsp3) is 0.444. The summed E-state index contributed by atoms with van der Waals surface area (Å²) in [6.45, 7) is 8.77. The van der Waals surface area contributed by atoms with Crippen LogP contribution in [-0.4, -0.2) is 63.2 Å². The van der Waals surface area contributed by atoms with Crippen molar-refractivity contribution in [1.82, 2.24) is 9.29 Å². The number of aromatic nitrogens is 1. The smallest absolute Gasteiger partial charge is 0.252 e. The van der Waals surface area contributed by atoms with Crippen molar-refractivity contribution in [2.45, 2.75) is 44.0 Å². The molecule has 3 aromatic rings. The van der Waals surface area contributed by atoms with Crippen LogP contribution in [0.15, 0.2) is 64.4 Å². The molecule has 0 saturated carbocycles. The summed E-state index contributed by atoms with van der Waals surface area (Å²) >= 11 is 1.21. The van der Waals surface area contributed by atoms with Crippen LogP contribution in [0, 0.1) is 5.92 Å². The average Bonchev–Trinajstić information content (AvgIpc) is 3.42. The first-order valence-electron chi connectivity index (χ1n) is 12.8. The number of nitrogens with zero attached hydrogens (tertiary/aromatic N) is 4. The molecule has 0 amide bonds. The van der Waals surface area contributed by atoms with Gasteiger partial charge in [-0.3, -0.25) is 9.29 Å². The zero-order chi connectivity index (χ0) is 28.4. The number of anilines is 2. The van der Waals surface area contributed by atoms with Crippen molar-refractivity contribution in [3.05, 3.63) is 71.4 Å². The zero-order valence-electron chi connectivity index (χ0n) is 22.7. The number of rotatable bonds is 10. The number of sulfonamides is 2. The van der Waals surface area contributed by atoms with E-state index in [1.54, 1.807) is 49.7 Å². The van der Waals surface area contributed by atoms with Crippen molar-refractivity contribution < 1.29 is 21.9 Å². The lowest BCUT2D eigenvalue weighted by Gasteiger charge is -2.36. The maximum absolute atomic E-state index is 13.5. The lowest BCUT2D eigenvalue weighted by Crippen LogP contribution is -2.48. The van der Waals surface area contributed by atoms with E-state index in [1.807, 2.05) is 32.0 Å². The Hall–Kier alpha value is -2.51. The van der Waals surface area contributed by atoms with Crippen molar-refractivity contribution in [1.29, 1.82) is 0 Å². The van der Waals surface area contributed by atoms with Crippen molar-refractivity contribution in [2.75, 3.05) is 41.1 Å². The quantitative estimate of drug-likeness (QED) is 0.380. The second-order valence-corrected chi connectivity index (χ2v) is 15.7. The number of hydrogen-bond acceptors (Lipinski definition) is 8. The molecule has 1 saturated heterocycles. The molecular weight excluding hydrogens is 557 g/mol. The van der Waals surface area contributed by atoms with Gasteiger partial charge in [-0.1, -0.05) is 26.0 Å². The van der Waals surface area contributed by atoms with Crippen LogP contribution in [0.3, 0.4) is 0 Å². The Kier molecular flexibility index (Phi) is 8.72. The Bertz CT molecular complexity index is 1460. The number of thiophene rings is 1. The molecule has 1 aliphatic rings. The summed E-state index contributed by atoms with van der Waals surface area (Å²) in [7, 11) is -7.21.